The first-order valence-electron chi connectivity index (χ1n) is 9.66. The third-order valence-corrected chi connectivity index (χ3v) is 5.05. The molecule has 0 spiro atoms. The van der Waals surface area contributed by atoms with Crippen molar-refractivity contribution in [2.75, 3.05) is 18.4 Å². The van der Waals surface area contributed by atoms with Crippen LogP contribution in [0, 0.1) is 0 Å². The molecule has 142 valence electrons. The van der Waals surface area contributed by atoms with Crippen molar-refractivity contribution in [1.82, 2.24) is 4.90 Å². The molecule has 2 aromatic carbocycles. The maximum absolute atomic E-state index is 12.5. The Bertz CT molecular complexity index is 796. The van der Waals surface area contributed by atoms with Crippen molar-refractivity contribution in [3.8, 4) is 0 Å². The van der Waals surface area contributed by atoms with Crippen LogP contribution in [-0.4, -0.2) is 29.8 Å². The van der Waals surface area contributed by atoms with Crippen molar-refractivity contribution in [3.05, 3.63) is 65.2 Å². The molecule has 1 aliphatic rings. The molecule has 2 aromatic rings. The Labute approximate surface area is 161 Å². The Balaban J connectivity index is 1.63. The van der Waals surface area contributed by atoms with Gasteiger partial charge in [0.2, 0.25) is 0 Å². The van der Waals surface area contributed by atoms with Crippen LogP contribution in [0.25, 0.3) is 0 Å². The number of benzene rings is 2. The van der Waals surface area contributed by atoms with Gasteiger partial charge in [-0.1, -0.05) is 32.9 Å². The third-order valence-electron chi connectivity index (χ3n) is 5.05. The number of nitrogens with one attached hydrogen (secondary N) is 1. The van der Waals surface area contributed by atoms with Crippen LogP contribution in [0.3, 0.4) is 0 Å². The summed E-state index contributed by atoms with van der Waals surface area (Å²) in [7, 11) is 0. The van der Waals surface area contributed by atoms with E-state index in [1.807, 2.05) is 29.2 Å². The third kappa shape index (κ3) is 4.76. The number of anilines is 1. The molecule has 0 aliphatic carbocycles. The minimum atomic E-state index is -0.148. The van der Waals surface area contributed by atoms with Crippen LogP contribution in [0.5, 0.6) is 0 Å². The van der Waals surface area contributed by atoms with Crippen molar-refractivity contribution in [3.63, 3.8) is 0 Å². The number of rotatable bonds is 3. The molecule has 0 atom stereocenters. The monoisotopic (exact) mass is 364 g/mol. The molecular formula is C23H28N2O2. The molecule has 1 fully saturated rings. The van der Waals surface area contributed by atoms with E-state index < -0.39 is 0 Å². The maximum atomic E-state index is 12.5. The van der Waals surface area contributed by atoms with E-state index in [0.717, 1.165) is 25.9 Å². The fraction of sp³-hybridized carbons (Fsp3) is 0.391. The number of piperidine rings is 1. The summed E-state index contributed by atoms with van der Waals surface area (Å²) in [4.78, 5) is 26.9. The molecule has 4 heteroatoms. The predicted octanol–water partition coefficient (Wildman–Crippen LogP) is 4.86. The molecule has 27 heavy (non-hydrogen) atoms. The van der Waals surface area contributed by atoms with E-state index in [1.165, 1.54) is 12.0 Å². The number of likely N-dealkylation sites (tertiary alicyclic amines) is 1. The standard InChI is InChI=1S/C23H28N2O2/c1-23(2,3)19-11-7-17(8-12-19)21(26)24-20-13-9-18(10-14-20)22(27)25-15-5-4-6-16-25/h7-14H,4-6,15-16H2,1-3H3,(H,24,26). The highest BCUT2D eigenvalue weighted by atomic mass is 16.2. The van der Waals surface area contributed by atoms with Gasteiger partial charge in [-0.15, -0.1) is 0 Å². The lowest BCUT2D eigenvalue weighted by atomic mass is 9.87. The summed E-state index contributed by atoms with van der Waals surface area (Å²) in [5.41, 5.74) is 3.24. The molecule has 4 nitrogen and oxygen atoms in total. The molecule has 3 rings (SSSR count). The van der Waals surface area contributed by atoms with Crippen molar-refractivity contribution in [2.45, 2.75) is 45.4 Å². The number of hydrogen-bond acceptors (Lipinski definition) is 2. The van der Waals surface area contributed by atoms with Gasteiger partial charge in [0.05, 0.1) is 0 Å². The normalized spacial score (nSPS) is 14.7. The number of carbonyl (C=O) groups is 2. The second-order valence-corrected chi connectivity index (χ2v) is 8.21. The van der Waals surface area contributed by atoms with Gasteiger partial charge in [0.1, 0.15) is 0 Å². The van der Waals surface area contributed by atoms with E-state index in [1.54, 1.807) is 24.3 Å². The molecular weight excluding hydrogens is 336 g/mol. The molecule has 1 N–H and O–H groups in total. The van der Waals surface area contributed by atoms with Gasteiger partial charge in [-0.05, 0) is 66.6 Å². The quantitative estimate of drug-likeness (QED) is 0.845. The number of nitrogens with zero attached hydrogens (tertiary/aromatic N) is 1. The molecule has 1 saturated heterocycles. The molecule has 0 saturated carbocycles. The van der Waals surface area contributed by atoms with Gasteiger partial charge in [-0.25, -0.2) is 0 Å². The minimum Gasteiger partial charge on any atom is -0.339 e. The summed E-state index contributed by atoms with van der Waals surface area (Å²) in [5.74, 6) is -0.0732. The first-order valence-corrected chi connectivity index (χ1v) is 9.66. The fourth-order valence-electron chi connectivity index (χ4n) is 3.30. The SMILES string of the molecule is CC(C)(C)c1ccc(C(=O)Nc2ccc(C(=O)N3CCCCC3)cc2)cc1. The summed E-state index contributed by atoms with van der Waals surface area (Å²) < 4.78 is 0. The lowest BCUT2D eigenvalue weighted by molar-refractivity contribution is 0.0724. The summed E-state index contributed by atoms with van der Waals surface area (Å²) in [6.07, 6.45) is 3.35. The lowest BCUT2D eigenvalue weighted by Crippen LogP contribution is -2.35. The van der Waals surface area contributed by atoms with Gasteiger partial charge >= 0.3 is 0 Å². The number of carbonyl (C=O) groups excluding carboxylic acids is 2. The zero-order valence-corrected chi connectivity index (χ0v) is 16.4. The highest BCUT2D eigenvalue weighted by Gasteiger charge is 2.18. The van der Waals surface area contributed by atoms with Gasteiger partial charge < -0.3 is 10.2 Å². The smallest absolute Gasteiger partial charge is 0.255 e. The van der Waals surface area contributed by atoms with E-state index in [0.29, 0.717) is 16.8 Å². The van der Waals surface area contributed by atoms with Crippen LogP contribution in [-0.2, 0) is 5.41 Å². The summed E-state index contributed by atoms with van der Waals surface area (Å²) in [5, 5.41) is 2.90. The molecule has 1 heterocycles. The summed E-state index contributed by atoms with van der Waals surface area (Å²) in [6.45, 7) is 8.11. The largest absolute Gasteiger partial charge is 0.339 e. The molecule has 2 amide bonds. The zero-order valence-electron chi connectivity index (χ0n) is 16.4. The van der Waals surface area contributed by atoms with Crippen molar-refractivity contribution >= 4 is 17.5 Å². The van der Waals surface area contributed by atoms with Crippen LogP contribution in [0.2, 0.25) is 0 Å². The Morgan fingerprint density at radius 2 is 1.37 bits per heavy atom. The topological polar surface area (TPSA) is 49.4 Å². The first-order chi connectivity index (χ1) is 12.8. The lowest BCUT2D eigenvalue weighted by Gasteiger charge is -2.26. The average Bonchev–Trinajstić information content (AvgIpc) is 2.68. The number of hydrogen-bond donors (Lipinski definition) is 1. The minimum absolute atomic E-state index is 0.0612. The molecule has 0 bridgehead atoms. The maximum Gasteiger partial charge on any atom is 0.255 e. The van der Waals surface area contributed by atoms with E-state index in [2.05, 4.69) is 26.1 Å². The van der Waals surface area contributed by atoms with Gasteiger partial charge in [0, 0.05) is 29.9 Å². The fourth-order valence-corrected chi connectivity index (χ4v) is 3.30. The summed E-state index contributed by atoms with van der Waals surface area (Å²) in [6, 6.07) is 14.8. The molecule has 0 aromatic heterocycles. The van der Waals surface area contributed by atoms with Gasteiger partial charge in [-0.2, -0.15) is 0 Å². The molecule has 0 unspecified atom stereocenters. The Morgan fingerprint density at radius 3 is 1.93 bits per heavy atom. The van der Waals surface area contributed by atoms with Crippen LogP contribution >= 0.6 is 0 Å². The Hall–Kier alpha value is -2.62. The number of amides is 2. The summed E-state index contributed by atoms with van der Waals surface area (Å²) >= 11 is 0. The highest BCUT2D eigenvalue weighted by Crippen LogP contribution is 2.22. The van der Waals surface area contributed by atoms with E-state index in [-0.39, 0.29) is 17.2 Å². The average molecular weight is 364 g/mol. The second kappa shape index (κ2) is 7.95. The predicted molar refractivity (Wildman–Crippen MR) is 109 cm³/mol. The first kappa shape index (κ1) is 19.2. The van der Waals surface area contributed by atoms with Gasteiger partial charge in [0.15, 0.2) is 0 Å². The van der Waals surface area contributed by atoms with Crippen LogP contribution in [0.4, 0.5) is 5.69 Å². The zero-order chi connectivity index (χ0) is 19.4. The van der Waals surface area contributed by atoms with Crippen LogP contribution in [0.1, 0.15) is 66.3 Å². The second-order valence-electron chi connectivity index (χ2n) is 8.21. The van der Waals surface area contributed by atoms with Crippen LogP contribution < -0.4 is 5.32 Å². The molecule has 0 radical (unpaired) electrons. The van der Waals surface area contributed by atoms with E-state index >= 15 is 0 Å². The molecule has 1 aliphatic heterocycles. The highest BCUT2D eigenvalue weighted by molar-refractivity contribution is 6.04. The van der Waals surface area contributed by atoms with Crippen molar-refractivity contribution in [1.29, 1.82) is 0 Å². The Kier molecular flexibility index (Phi) is 5.64. The van der Waals surface area contributed by atoms with Gasteiger partial charge in [0.25, 0.3) is 11.8 Å². The van der Waals surface area contributed by atoms with Gasteiger partial charge in [-0.3, -0.25) is 9.59 Å². The Morgan fingerprint density at radius 1 is 0.815 bits per heavy atom. The van der Waals surface area contributed by atoms with Crippen molar-refractivity contribution in [2.24, 2.45) is 0 Å². The van der Waals surface area contributed by atoms with Crippen molar-refractivity contribution < 1.29 is 9.59 Å². The van der Waals surface area contributed by atoms with Crippen LogP contribution in [0.15, 0.2) is 48.5 Å². The van der Waals surface area contributed by atoms with E-state index in [9.17, 15) is 9.59 Å². The van der Waals surface area contributed by atoms with E-state index in [4.69, 9.17) is 0 Å².